The van der Waals surface area contributed by atoms with Gasteiger partial charge < -0.3 is 10.2 Å². The second-order valence-electron chi connectivity index (χ2n) is 6.59. The minimum absolute atomic E-state index is 0. The molecule has 0 spiro atoms. The number of nitrogens with zero attached hydrogens (tertiary/aromatic N) is 4. The third-order valence-electron chi connectivity index (χ3n) is 4.44. The van der Waals surface area contributed by atoms with Crippen LogP contribution in [0.3, 0.4) is 0 Å². The number of hydrogen-bond acceptors (Lipinski definition) is 3. The zero-order chi connectivity index (χ0) is 17.6. The lowest BCUT2D eigenvalue weighted by molar-refractivity contribution is 0.380. The van der Waals surface area contributed by atoms with Crippen molar-refractivity contribution in [3.63, 3.8) is 0 Å². The van der Waals surface area contributed by atoms with Gasteiger partial charge in [-0.25, -0.2) is 4.68 Å². The van der Waals surface area contributed by atoms with Crippen molar-refractivity contribution in [2.24, 2.45) is 10.9 Å². The summed E-state index contributed by atoms with van der Waals surface area (Å²) in [5, 5.41) is 8.79. The maximum absolute atomic E-state index is 4.65. The zero-order valence-corrected chi connectivity index (χ0v) is 18.8. The third-order valence-corrected chi connectivity index (χ3v) is 5.98. The Hall–Kier alpha value is -1.22. The summed E-state index contributed by atoms with van der Waals surface area (Å²) >= 11 is 2.08. The summed E-state index contributed by atoms with van der Waals surface area (Å²) in [6.45, 7) is 7.39. The molecule has 2 aromatic rings. The van der Waals surface area contributed by atoms with Crippen molar-refractivity contribution in [3.8, 4) is 5.69 Å². The summed E-state index contributed by atoms with van der Waals surface area (Å²) in [6.07, 6.45) is 2.00. The number of aliphatic imine (C=N–C) groups is 1. The largest absolute Gasteiger partial charge is 0.351 e. The van der Waals surface area contributed by atoms with Crippen molar-refractivity contribution in [2.45, 2.75) is 25.6 Å². The van der Waals surface area contributed by atoms with Crippen LogP contribution in [0, 0.1) is 5.92 Å². The molecule has 1 fully saturated rings. The molecule has 0 amide bonds. The number of halogens is 1. The smallest absolute Gasteiger partial charge is 0.194 e. The molecule has 1 aliphatic heterocycles. The number of rotatable bonds is 4. The first-order chi connectivity index (χ1) is 12.2. The third kappa shape index (κ3) is 5.39. The van der Waals surface area contributed by atoms with Gasteiger partial charge in [0.25, 0.3) is 0 Å². The average Bonchev–Trinajstić information content (AvgIpc) is 3.12. The van der Waals surface area contributed by atoms with Crippen LogP contribution in [0.4, 0.5) is 0 Å². The summed E-state index contributed by atoms with van der Waals surface area (Å²) in [5.41, 5.74) is 2.09. The van der Waals surface area contributed by atoms with Crippen molar-refractivity contribution >= 4 is 41.7 Å². The Bertz CT molecular complexity index is 701. The van der Waals surface area contributed by atoms with Crippen molar-refractivity contribution in [1.82, 2.24) is 20.0 Å². The topological polar surface area (TPSA) is 45.5 Å². The molecule has 1 N–H and O–H groups in total. The lowest BCUT2D eigenvalue weighted by Crippen LogP contribution is -2.48. The molecule has 1 unspecified atom stereocenters. The molecule has 1 aromatic carbocycles. The van der Waals surface area contributed by atoms with Crippen molar-refractivity contribution in [3.05, 3.63) is 48.3 Å². The van der Waals surface area contributed by atoms with E-state index in [2.05, 4.69) is 64.1 Å². The highest BCUT2D eigenvalue weighted by atomic mass is 127. The molecule has 0 saturated carbocycles. The Morgan fingerprint density at radius 2 is 2.08 bits per heavy atom. The number of para-hydroxylation sites is 1. The summed E-state index contributed by atoms with van der Waals surface area (Å²) in [7, 11) is 1.86. The quantitative estimate of drug-likeness (QED) is 0.408. The predicted octanol–water partition coefficient (Wildman–Crippen LogP) is 3.64. The average molecular weight is 485 g/mol. The van der Waals surface area contributed by atoms with E-state index in [1.165, 1.54) is 0 Å². The Morgan fingerprint density at radius 1 is 1.31 bits per heavy atom. The Balaban J connectivity index is 0.00000243. The first-order valence-electron chi connectivity index (χ1n) is 8.84. The predicted molar refractivity (Wildman–Crippen MR) is 122 cm³/mol. The highest BCUT2D eigenvalue weighted by Gasteiger charge is 2.24. The van der Waals surface area contributed by atoms with Gasteiger partial charge in [-0.3, -0.25) is 4.99 Å². The van der Waals surface area contributed by atoms with Crippen LogP contribution in [-0.2, 0) is 6.54 Å². The molecule has 0 radical (unpaired) electrons. The van der Waals surface area contributed by atoms with Crippen molar-refractivity contribution < 1.29 is 0 Å². The van der Waals surface area contributed by atoms with Crippen LogP contribution in [0.15, 0.2) is 47.6 Å². The van der Waals surface area contributed by atoms with E-state index in [0.29, 0.717) is 17.7 Å². The minimum Gasteiger partial charge on any atom is -0.351 e. The fourth-order valence-electron chi connectivity index (χ4n) is 2.95. The van der Waals surface area contributed by atoms with E-state index in [0.717, 1.165) is 36.2 Å². The van der Waals surface area contributed by atoms with E-state index in [4.69, 9.17) is 0 Å². The molecule has 0 bridgehead atoms. The highest BCUT2D eigenvalue weighted by Crippen LogP contribution is 2.24. The molecule has 3 rings (SSSR count). The van der Waals surface area contributed by atoms with Gasteiger partial charge in [0.1, 0.15) is 0 Å². The molecule has 5 nitrogen and oxygen atoms in total. The van der Waals surface area contributed by atoms with E-state index < -0.39 is 0 Å². The van der Waals surface area contributed by atoms with Crippen molar-refractivity contribution in [2.75, 3.05) is 25.9 Å². The first-order valence-corrected chi connectivity index (χ1v) is 9.89. The fourth-order valence-corrected chi connectivity index (χ4v) is 4.25. The second kappa shape index (κ2) is 10.2. The van der Waals surface area contributed by atoms with Crippen LogP contribution in [0.1, 0.15) is 19.5 Å². The van der Waals surface area contributed by atoms with E-state index in [-0.39, 0.29) is 24.0 Å². The van der Waals surface area contributed by atoms with Crippen LogP contribution in [-0.4, -0.2) is 51.8 Å². The molecule has 1 aliphatic rings. The zero-order valence-electron chi connectivity index (χ0n) is 15.6. The van der Waals surface area contributed by atoms with Crippen LogP contribution >= 0.6 is 35.7 Å². The number of guanidine groups is 1. The van der Waals surface area contributed by atoms with E-state index in [1.807, 2.05) is 36.1 Å². The molecule has 1 saturated heterocycles. The van der Waals surface area contributed by atoms with Gasteiger partial charge in [-0.2, -0.15) is 16.9 Å². The summed E-state index contributed by atoms with van der Waals surface area (Å²) < 4.78 is 1.91. The maximum Gasteiger partial charge on any atom is 0.194 e. The lowest BCUT2D eigenvalue weighted by Gasteiger charge is -2.36. The van der Waals surface area contributed by atoms with Gasteiger partial charge >= 0.3 is 0 Å². The number of nitrogens with one attached hydrogen (secondary N) is 1. The number of hydrogen-bond donors (Lipinski definition) is 1. The van der Waals surface area contributed by atoms with Crippen LogP contribution in [0.5, 0.6) is 0 Å². The summed E-state index contributed by atoms with van der Waals surface area (Å²) in [4.78, 5) is 6.84. The molecule has 142 valence electrons. The van der Waals surface area contributed by atoms with Gasteiger partial charge in [0.15, 0.2) is 5.96 Å². The number of aromatic nitrogens is 2. The maximum atomic E-state index is 4.65. The van der Waals surface area contributed by atoms with Gasteiger partial charge in [0.05, 0.1) is 17.9 Å². The van der Waals surface area contributed by atoms with Crippen molar-refractivity contribution in [1.29, 1.82) is 0 Å². The highest BCUT2D eigenvalue weighted by molar-refractivity contribution is 14.0. The lowest BCUT2D eigenvalue weighted by atomic mass is 10.1. The van der Waals surface area contributed by atoms with Gasteiger partial charge in [-0.1, -0.05) is 32.0 Å². The van der Waals surface area contributed by atoms with Gasteiger partial charge in [0.2, 0.25) is 0 Å². The normalized spacial score (nSPS) is 17.9. The van der Waals surface area contributed by atoms with Crippen LogP contribution in [0.25, 0.3) is 5.69 Å². The van der Waals surface area contributed by atoms with E-state index in [9.17, 15) is 0 Å². The molecular formula is C19H28IN5S. The molecule has 1 aromatic heterocycles. The Kier molecular flexibility index (Phi) is 8.27. The van der Waals surface area contributed by atoms with Gasteiger partial charge in [-0.05, 0) is 24.1 Å². The molecular weight excluding hydrogens is 457 g/mol. The minimum atomic E-state index is 0. The Morgan fingerprint density at radius 3 is 2.77 bits per heavy atom. The van der Waals surface area contributed by atoms with Crippen LogP contribution in [0.2, 0.25) is 0 Å². The first kappa shape index (κ1) is 21.1. The van der Waals surface area contributed by atoms with Crippen LogP contribution < -0.4 is 5.32 Å². The monoisotopic (exact) mass is 485 g/mol. The fraction of sp³-hybridized carbons (Fsp3) is 0.474. The number of thioether (sulfide) groups is 1. The van der Waals surface area contributed by atoms with E-state index in [1.54, 1.807) is 0 Å². The molecule has 1 atom stereocenters. The standard InChI is InChI=1S/C19H27N5S.HI/c1-15(2)18-14-23(11-12-25-18)19(20-3)21-13-16-9-10-24(22-16)17-7-5-4-6-8-17;/h4-10,15,18H,11-14H2,1-3H3,(H,20,21);1H. The molecule has 0 aliphatic carbocycles. The summed E-state index contributed by atoms with van der Waals surface area (Å²) in [5.74, 6) is 2.82. The van der Waals surface area contributed by atoms with Gasteiger partial charge in [-0.15, -0.1) is 24.0 Å². The summed E-state index contributed by atoms with van der Waals surface area (Å²) in [6, 6.07) is 12.2. The SMILES string of the molecule is CN=C(NCc1ccn(-c2ccccc2)n1)N1CCSC(C(C)C)C1.I. The Labute approximate surface area is 177 Å². The number of benzene rings is 1. The molecule has 26 heavy (non-hydrogen) atoms. The van der Waals surface area contributed by atoms with E-state index >= 15 is 0 Å². The van der Waals surface area contributed by atoms with Gasteiger partial charge in [0, 0.05) is 37.3 Å². The second-order valence-corrected chi connectivity index (χ2v) is 7.93. The molecule has 2 heterocycles. The molecule has 7 heteroatoms.